The summed E-state index contributed by atoms with van der Waals surface area (Å²) in [6, 6.07) is 10.2. The summed E-state index contributed by atoms with van der Waals surface area (Å²) in [5, 5.41) is 39.2. The smallest absolute Gasteiger partial charge is 0.242 e. The Balaban J connectivity index is 2.12. The normalized spacial score (nSPS) is 21.1. The Hall–Kier alpha value is -3.12. The van der Waals surface area contributed by atoms with Gasteiger partial charge in [0.25, 0.3) is 0 Å². The summed E-state index contributed by atoms with van der Waals surface area (Å²) < 4.78 is 0. The second-order valence-electron chi connectivity index (χ2n) is 5.19. The van der Waals surface area contributed by atoms with Gasteiger partial charge in [0.15, 0.2) is 5.76 Å². The van der Waals surface area contributed by atoms with Crippen molar-refractivity contribution in [2.45, 2.75) is 5.60 Å². The van der Waals surface area contributed by atoms with Crippen molar-refractivity contribution in [3.8, 4) is 11.5 Å². The van der Waals surface area contributed by atoms with E-state index in [2.05, 4.69) is 0 Å². The van der Waals surface area contributed by atoms with Crippen LogP contribution in [0, 0.1) is 0 Å². The predicted octanol–water partition coefficient (Wildman–Crippen LogP) is 1.41. The lowest BCUT2D eigenvalue weighted by molar-refractivity contribution is -0.145. The van der Waals surface area contributed by atoms with E-state index < -0.39 is 22.9 Å². The van der Waals surface area contributed by atoms with Crippen LogP contribution in [0.15, 0.2) is 54.3 Å². The molecule has 0 fully saturated rings. The molecule has 0 heterocycles. The minimum absolute atomic E-state index is 0.0422. The number of hydrogen-bond donors (Lipinski definition) is 4. The molecule has 2 aromatic rings. The van der Waals surface area contributed by atoms with Crippen LogP contribution in [-0.4, -0.2) is 32.0 Å². The van der Waals surface area contributed by atoms with Gasteiger partial charge in [-0.1, -0.05) is 24.3 Å². The maximum atomic E-state index is 12.6. The molecule has 6 nitrogen and oxygen atoms in total. The van der Waals surface area contributed by atoms with Crippen molar-refractivity contribution in [3.63, 3.8) is 0 Å². The summed E-state index contributed by atoms with van der Waals surface area (Å²) in [6.45, 7) is 0. The molecule has 2 aromatic carbocycles. The Bertz CT molecular complexity index is 832. The zero-order chi connectivity index (χ0) is 16.8. The molecule has 0 radical (unpaired) electrons. The largest absolute Gasteiger partial charge is 0.508 e. The lowest BCUT2D eigenvalue weighted by Gasteiger charge is -2.20. The number of ketones is 2. The Morgan fingerprint density at radius 1 is 0.696 bits per heavy atom. The fourth-order valence-electron chi connectivity index (χ4n) is 2.54. The molecule has 23 heavy (non-hydrogen) atoms. The molecule has 3 rings (SSSR count). The summed E-state index contributed by atoms with van der Waals surface area (Å²) >= 11 is 0. The molecule has 0 amide bonds. The molecule has 0 aromatic heterocycles. The first kappa shape index (κ1) is 14.8. The van der Waals surface area contributed by atoms with Gasteiger partial charge in [-0.3, -0.25) is 9.59 Å². The molecule has 4 N–H and O–H groups in total. The molecule has 6 heteroatoms. The van der Waals surface area contributed by atoms with E-state index in [1.807, 2.05) is 0 Å². The van der Waals surface area contributed by atoms with Crippen molar-refractivity contribution in [3.05, 3.63) is 65.4 Å². The molecular formula is C17H12O6. The van der Waals surface area contributed by atoms with E-state index in [1.54, 1.807) is 0 Å². The van der Waals surface area contributed by atoms with Gasteiger partial charge in [-0.15, -0.1) is 0 Å². The highest BCUT2D eigenvalue weighted by Gasteiger charge is 2.55. The molecule has 0 saturated heterocycles. The molecule has 0 aliphatic heterocycles. The summed E-state index contributed by atoms with van der Waals surface area (Å²) in [6.07, 6.45) is 0. The van der Waals surface area contributed by atoms with Gasteiger partial charge in [-0.25, -0.2) is 0 Å². The quantitative estimate of drug-likeness (QED) is 0.623. The van der Waals surface area contributed by atoms with Crippen LogP contribution >= 0.6 is 0 Å². The van der Waals surface area contributed by atoms with Crippen LogP contribution in [0.3, 0.4) is 0 Å². The number of aliphatic hydroxyl groups is 2. The van der Waals surface area contributed by atoms with Gasteiger partial charge in [0.2, 0.25) is 17.2 Å². The highest BCUT2D eigenvalue weighted by atomic mass is 16.3. The van der Waals surface area contributed by atoms with Crippen LogP contribution in [0.5, 0.6) is 11.5 Å². The van der Waals surface area contributed by atoms with Crippen molar-refractivity contribution < 1.29 is 30.0 Å². The average Bonchev–Trinajstić information content (AvgIpc) is 2.71. The zero-order valence-electron chi connectivity index (χ0n) is 11.7. The molecule has 0 saturated carbocycles. The second-order valence-corrected chi connectivity index (χ2v) is 5.19. The summed E-state index contributed by atoms with van der Waals surface area (Å²) in [4.78, 5) is 24.9. The third-order valence-corrected chi connectivity index (χ3v) is 3.78. The Morgan fingerprint density at radius 2 is 1.17 bits per heavy atom. The van der Waals surface area contributed by atoms with Crippen molar-refractivity contribution in [1.82, 2.24) is 0 Å². The maximum absolute atomic E-state index is 12.6. The topological polar surface area (TPSA) is 115 Å². The van der Waals surface area contributed by atoms with Crippen LogP contribution in [0.25, 0.3) is 5.57 Å². The number of rotatable bonds is 2. The van der Waals surface area contributed by atoms with Gasteiger partial charge in [-0.05, 0) is 35.4 Å². The van der Waals surface area contributed by atoms with Crippen molar-refractivity contribution in [2.24, 2.45) is 0 Å². The molecule has 1 aliphatic carbocycles. The lowest BCUT2D eigenvalue weighted by Crippen LogP contribution is -2.39. The fraction of sp³-hybridized carbons (Fsp3) is 0.0588. The molecule has 0 bridgehead atoms. The van der Waals surface area contributed by atoms with E-state index in [0.717, 1.165) is 0 Å². The number of aromatic hydroxyl groups is 2. The second kappa shape index (κ2) is 4.96. The predicted molar refractivity (Wildman–Crippen MR) is 79.7 cm³/mol. The maximum Gasteiger partial charge on any atom is 0.242 e. The average molecular weight is 312 g/mol. The van der Waals surface area contributed by atoms with E-state index in [1.165, 1.54) is 48.5 Å². The third kappa shape index (κ3) is 2.08. The number of benzene rings is 2. The number of phenolic OH excluding ortho intramolecular Hbond substituents is 2. The molecule has 0 unspecified atom stereocenters. The van der Waals surface area contributed by atoms with E-state index in [9.17, 15) is 30.0 Å². The monoisotopic (exact) mass is 312 g/mol. The number of aliphatic hydroxyl groups excluding tert-OH is 1. The molecular weight excluding hydrogens is 300 g/mol. The van der Waals surface area contributed by atoms with Crippen LogP contribution in [0.1, 0.15) is 11.1 Å². The molecule has 0 spiro atoms. The Kier molecular flexibility index (Phi) is 3.19. The van der Waals surface area contributed by atoms with E-state index in [-0.39, 0.29) is 28.2 Å². The molecule has 1 aliphatic rings. The summed E-state index contributed by atoms with van der Waals surface area (Å²) in [5.74, 6) is -3.06. The Morgan fingerprint density at radius 3 is 1.70 bits per heavy atom. The van der Waals surface area contributed by atoms with Gasteiger partial charge in [0.05, 0.1) is 5.57 Å². The van der Waals surface area contributed by atoms with Crippen molar-refractivity contribution in [1.29, 1.82) is 0 Å². The van der Waals surface area contributed by atoms with Gasteiger partial charge in [-0.2, -0.15) is 0 Å². The van der Waals surface area contributed by atoms with E-state index in [4.69, 9.17) is 0 Å². The minimum Gasteiger partial charge on any atom is -0.508 e. The number of phenols is 2. The van der Waals surface area contributed by atoms with Crippen LogP contribution in [0.4, 0.5) is 0 Å². The van der Waals surface area contributed by atoms with Crippen LogP contribution < -0.4 is 0 Å². The van der Waals surface area contributed by atoms with E-state index in [0.29, 0.717) is 0 Å². The first-order valence-electron chi connectivity index (χ1n) is 6.70. The lowest BCUT2D eigenvalue weighted by atomic mass is 9.87. The molecule has 1 atom stereocenters. The van der Waals surface area contributed by atoms with Gasteiger partial charge in [0.1, 0.15) is 11.5 Å². The number of carbonyl (C=O) groups excluding carboxylic acids is 2. The standard InChI is InChI=1S/C17H12O6/c18-11-5-1-9(2-6-11)13-14(20)16(22)17(23,15(13)21)10-3-7-12(19)8-4-10/h1-8,18-20,23H/t17-/m0/s1. The van der Waals surface area contributed by atoms with Crippen LogP contribution in [-0.2, 0) is 15.2 Å². The van der Waals surface area contributed by atoms with Gasteiger partial charge < -0.3 is 20.4 Å². The first-order chi connectivity index (χ1) is 10.9. The minimum atomic E-state index is -2.54. The highest BCUT2D eigenvalue weighted by molar-refractivity contribution is 6.42. The van der Waals surface area contributed by atoms with Gasteiger partial charge in [0, 0.05) is 0 Å². The fourth-order valence-corrected chi connectivity index (χ4v) is 2.54. The summed E-state index contributed by atoms with van der Waals surface area (Å²) in [7, 11) is 0. The van der Waals surface area contributed by atoms with Crippen molar-refractivity contribution >= 4 is 17.1 Å². The third-order valence-electron chi connectivity index (χ3n) is 3.78. The van der Waals surface area contributed by atoms with E-state index >= 15 is 0 Å². The number of hydrogen-bond acceptors (Lipinski definition) is 6. The first-order valence-corrected chi connectivity index (χ1v) is 6.70. The summed E-state index contributed by atoms with van der Waals surface area (Å²) in [5.41, 5.74) is -2.70. The Labute approximate surface area is 130 Å². The van der Waals surface area contributed by atoms with Crippen molar-refractivity contribution in [2.75, 3.05) is 0 Å². The number of Topliss-reactive ketones (excluding diaryl/α,β-unsaturated/α-hetero) is 2. The SMILES string of the molecule is O=C1C(O)=C(c2ccc(O)cc2)C(=O)[C@@]1(O)c1ccc(O)cc1. The van der Waals surface area contributed by atoms with Crippen LogP contribution in [0.2, 0.25) is 0 Å². The highest BCUT2D eigenvalue weighted by Crippen LogP contribution is 2.40. The zero-order valence-corrected chi connectivity index (χ0v) is 11.7. The van der Waals surface area contributed by atoms with Gasteiger partial charge >= 0.3 is 0 Å². The number of carbonyl (C=O) groups is 2. The molecule has 116 valence electrons.